The van der Waals surface area contributed by atoms with Crippen molar-refractivity contribution in [1.82, 2.24) is 0 Å². The summed E-state index contributed by atoms with van der Waals surface area (Å²) in [6, 6.07) is 21.0. The lowest BCUT2D eigenvalue weighted by Gasteiger charge is -2.42. The van der Waals surface area contributed by atoms with Gasteiger partial charge in [0.25, 0.3) is 0 Å². The lowest BCUT2D eigenvalue weighted by Crippen LogP contribution is -2.33. The molecule has 4 heteroatoms. The predicted molar refractivity (Wildman–Crippen MR) is 157 cm³/mol. The number of ether oxygens (including phenoxy) is 2. The van der Waals surface area contributed by atoms with E-state index in [1.54, 1.807) is 0 Å². The first-order valence-electron chi connectivity index (χ1n) is 14.1. The van der Waals surface area contributed by atoms with Gasteiger partial charge in [-0.15, -0.1) is 0 Å². The first kappa shape index (κ1) is 27.9. The lowest BCUT2D eigenvalue weighted by atomic mass is 9.63. The van der Waals surface area contributed by atoms with E-state index in [2.05, 4.69) is 64.1 Å². The quantitative estimate of drug-likeness (QED) is 0.220. The maximum atomic E-state index is 12.1. The van der Waals surface area contributed by atoms with Crippen molar-refractivity contribution in [2.75, 3.05) is 19.8 Å². The summed E-state index contributed by atoms with van der Waals surface area (Å²) in [7, 11) is 0. The molecule has 3 aromatic carbocycles. The van der Waals surface area contributed by atoms with Gasteiger partial charge in [0.05, 0.1) is 18.8 Å². The number of unbranched alkanes of at least 4 members (excludes halogenated alkanes) is 2. The number of fused-ring (bicyclic) bond motifs is 1. The van der Waals surface area contributed by atoms with Gasteiger partial charge in [-0.1, -0.05) is 64.1 Å². The number of carbonyl (C=O) groups excluding carboxylic acids is 1. The Balaban J connectivity index is 1.73. The van der Waals surface area contributed by atoms with Gasteiger partial charge >= 0.3 is 5.97 Å². The molecule has 0 heterocycles. The molecule has 0 aromatic heterocycles. The first-order valence-corrected chi connectivity index (χ1v) is 14.1. The fraction of sp³-hybridized carbons (Fsp3) is 0.441. The summed E-state index contributed by atoms with van der Waals surface area (Å²) in [4.78, 5) is 12.1. The van der Waals surface area contributed by atoms with E-state index in [1.807, 2.05) is 31.2 Å². The SMILES string of the molecule is CCOC(=O)c1ccc(-c2ccc(OCCCCCN)c(-c3ccc4c(c3)C(C)(C)CCC4(C)C)c2)cc1. The maximum Gasteiger partial charge on any atom is 0.338 e. The van der Waals surface area contributed by atoms with Gasteiger partial charge in [0.15, 0.2) is 0 Å². The van der Waals surface area contributed by atoms with Gasteiger partial charge in [-0.2, -0.15) is 0 Å². The highest BCUT2D eigenvalue weighted by atomic mass is 16.5. The Morgan fingerprint density at radius 3 is 2.13 bits per heavy atom. The molecule has 3 aromatic rings. The van der Waals surface area contributed by atoms with Crippen LogP contribution in [0.1, 0.15) is 88.2 Å². The summed E-state index contributed by atoms with van der Waals surface area (Å²) in [5.41, 5.74) is 13.8. The molecule has 0 unspecified atom stereocenters. The molecule has 0 bridgehead atoms. The molecule has 0 spiro atoms. The minimum absolute atomic E-state index is 0.130. The predicted octanol–water partition coefficient (Wildman–Crippen LogP) is 8.05. The van der Waals surface area contributed by atoms with Crippen molar-refractivity contribution in [1.29, 1.82) is 0 Å². The average Bonchev–Trinajstić information content (AvgIpc) is 2.91. The Bertz CT molecular complexity index is 1260. The Labute approximate surface area is 228 Å². The van der Waals surface area contributed by atoms with Crippen LogP contribution in [0.2, 0.25) is 0 Å². The largest absolute Gasteiger partial charge is 0.493 e. The molecule has 0 saturated heterocycles. The second-order valence-corrected chi connectivity index (χ2v) is 11.7. The third kappa shape index (κ3) is 6.13. The van der Waals surface area contributed by atoms with E-state index in [0.29, 0.717) is 18.8 Å². The average molecular weight is 514 g/mol. The van der Waals surface area contributed by atoms with E-state index in [0.717, 1.165) is 48.2 Å². The molecule has 1 aliphatic rings. The lowest BCUT2D eigenvalue weighted by molar-refractivity contribution is 0.0526. The summed E-state index contributed by atoms with van der Waals surface area (Å²) in [5, 5.41) is 0. The molecule has 4 rings (SSSR count). The second-order valence-electron chi connectivity index (χ2n) is 11.7. The van der Waals surface area contributed by atoms with Crippen molar-refractivity contribution in [2.24, 2.45) is 5.73 Å². The van der Waals surface area contributed by atoms with Crippen molar-refractivity contribution in [3.63, 3.8) is 0 Å². The van der Waals surface area contributed by atoms with Crippen LogP contribution in [0.5, 0.6) is 5.75 Å². The molecule has 38 heavy (non-hydrogen) atoms. The smallest absolute Gasteiger partial charge is 0.338 e. The van der Waals surface area contributed by atoms with Crippen LogP contribution in [0.25, 0.3) is 22.3 Å². The molecule has 0 saturated carbocycles. The fourth-order valence-electron chi connectivity index (χ4n) is 5.44. The summed E-state index contributed by atoms with van der Waals surface area (Å²) in [6.07, 6.45) is 5.44. The van der Waals surface area contributed by atoms with Gasteiger partial charge < -0.3 is 15.2 Å². The Hall–Kier alpha value is -3.11. The van der Waals surface area contributed by atoms with Crippen LogP contribution < -0.4 is 10.5 Å². The van der Waals surface area contributed by atoms with Gasteiger partial charge in [0.2, 0.25) is 0 Å². The summed E-state index contributed by atoms with van der Waals surface area (Å²) in [5.74, 6) is 0.607. The minimum atomic E-state index is -0.294. The molecule has 0 fully saturated rings. The molecule has 4 nitrogen and oxygen atoms in total. The highest BCUT2D eigenvalue weighted by Gasteiger charge is 2.37. The number of rotatable bonds is 10. The molecule has 1 aliphatic carbocycles. The van der Waals surface area contributed by atoms with Crippen molar-refractivity contribution < 1.29 is 14.3 Å². The first-order chi connectivity index (χ1) is 18.2. The molecule has 0 aliphatic heterocycles. The summed E-state index contributed by atoms with van der Waals surface area (Å²) < 4.78 is 11.5. The van der Waals surface area contributed by atoms with Crippen LogP contribution in [0.15, 0.2) is 60.7 Å². The standard InChI is InChI=1S/C34H43NO3/c1-6-37-32(36)25-12-10-24(11-13-25)26-15-17-31(38-21-9-7-8-20-35)28(22-26)27-14-16-29-30(23-27)34(4,5)19-18-33(29,2)3/h10-17,22-23H,6-9,18-21,35H2,1-5H3. The number of benzene rings is 3. The Morgan fingerprint density at radius 2 is 1.45 bits per heavy atom. The van der Waals surface area contributed by atoms with E-state index in [4.69, 9.17) is 15.2 Å². The second kappa shape index (κ2) is 11.7. The van der Waals surface area contributed by atoms with Crippen molar-refractivity contribution in [3.05, 3.63) is 77.4 Å². The highest BCUT2D eigenvalue weighted by molar-refractivity contribution is 5.90. The van der Waals surface area contributed by atoms with E-state index in [-0.39, 0.29) is 16.8 Å². The molecule has 0 amide bonds. The van der Waals surface area contributed by atoms with Gasteiger partial charge in [0.1, 0.15) is 5.75 Å². The zero-order chi connectivity index (χ0) is 27.3. The van der Waals surface area contributed by atoms with Gasteiger partial charge in [-0.3, -0.25) is 0 Å². The van der Waals surface area contributed by atoms with Crippen LogP contribution in [0.3, 0.4) is 0 Å². The maximum absolute atomic E-state index is 12.1. The monoisotopic (exact) mass is 513 g/mol. The van der Waals surface area contributed by atoms with E-state index < -0.39 is 0 Å². The number of esters is 1. The van der Waals surface area contributed by atoms with Gasteiger partial charge in [-0.25, -0.2) is 4.79 Å². The van der Waals surface area contributed by atoms with Crippen molar-refractivity contribution >= 4 is 5.97 Å². The minimum Gasteiger partial charge on any atom is -0.493 e. The van der Waals surface area contributed by atoms with Crippen LogP contribution in [-0.4, -0.2) is 25.7 Å². The van der Waals surface area contributed by atoms with Crippen LogP contribution >= 0.6 is 0 Å². The van der Waals surface area contributed by atoms with Gasteiger partial charge in [-0.05, 0) is 108 Å². The highest BCUT2D eigenvalue weighted by Crippen LogP contribution is 2.47. The van der Waals surface area contributed by atoms with E-state index >= 15 is 0 Å². The third-order valence-electron chi connectivity index (χ3n) is 7.98. The zero-order valence-electron chi connectivity index (χ0n) is 23.7. The number of nitrogens with two attached hydrogens (primary N) is 1. The molecule has 0 radical (unpaired) electrons. The molecular weight excluding hydrogens is 470 g/mol. The van der Waals surface area contributed by atoms with E-state index in [9.17, 15) is 4.79 Å². The van der Waals surface area contributed by atoms with Crippen LogP contribution in [-0.2, 0) is 15.6 Å². The normalized spacial score (nSPS) is 15.5. The van der Waals surface area contributed by atoms with Crippen LogP contribution in [0.4, 0.5) is 0 Å². The third-order valence-corrected chi connectivity index (χ3v) is 7.98. The Kier molecular flexibility index (Phi) is 8.62. The van der Waals surface area contributed by atoms with E-state index in [1.165, 1.54) is 29.5 Å². The van der Waals surface area contributed by atoms with Crippen molar-refractivity contribution in [2.45, 2.75) is 77.6 Å². The number of hydrogen-bond donors (Lipinski definition) is 1. The molecule has 2 N–H and O–H groups in total. The van der Waals surface area contributed by atoms with Crippen LogP contribution in [0, 0.1) is 0 Å². The fourth-order valence-corrected chi connectivity index (χ4v) is 5.44. The summed E-state index contributed by atoms with van der Waals surface area (Å²) >= 11 is 0. The van der Waals surface area contributed by atoms with Crippen molar-refractivity contribution in [3.8, 4) is 28.0 Å². The molecule has 202 valence electrons. The molecular formula is C34H43NO3. The van der Waals surface area contributed by atoms with Gasteiger partial charge in [0, 0.05) is 5.56 Å². The molecule has 0 atom stereocenters. The number of carbonyl (C=O) groups is 1. The zero-order valence-corrected chi connectivity index (χ0v) is 23.7. The Morgan fingerprint density at radius 1 is 0.789 bits per heavy atom. The topological polar surface area (TPSA) is 61.5 Å². The summed E-state index contributed by atoms with van der Waals surface area (Å²) in [6.45, 7) is 13.0. The number of hydrogen-bond acceptors (Lipinski definition) is 4.